The lowest BCUT2D eigenvalue weighted by Crippen LogP contribution is -2.48. The average molecular weight is 423 g/mol. The topological polar surface area (TPSA) is 67.6 Å². The number of halogens is 1. The van der Waals surface area contributed by atoms with Crippen LogP contribution in [0.25, 0.3) is 0 Å². The van der Waals surface area contributed by atoms with E-state index >= 15 is 0 Å². The quantitative estimate of drug-likeness (QED) is 0.499. The molecule has 0 spiro atoms. The molecule has 0 aliphatic carbocycles. The third kappa shape index (κ3) is 5.02. The molecule has 2 atom stereocenters. The van der Waals surface area contributed by atoms with E-state index in [-0.39, 0.29) is 5.82 Å². The highest BCUT2D eigenvalue weighted by atomic mass is 19.1. The molecule has 1 aromatic carbocycles. The van der Waals surface area contributed by atoms with Gasteiger partial charge in [0.15, 0.2) is 5.96 Å². The van der Waals surface area contributed by atoms with Gasteiger partial charge in [-0.15, -0.1) is 0 Å². The summed E-state index contributed by atoms with van der Waals surface area (Å²) in [5, 5.41) is 3.43. The minimum Gasteiger partial charge on any atom is -0.439 e. The van der Waals surface area contributed by atoms with Crippen LogP contribution in [0.1, 0.15) is 24.9 Å². The van der Waals surface area contributed by atoms with E-state index in [9.17, 15) is 4.39 Å². The molecule has 162 valence electrons. The van der Waals surface area contributed by atoms with Gasteiger partial charge < -0.3 is 19.5 Å². The Balaban J connectivity index is 1.43. The van der Waals surface area contributed by atoms with Crippen molar-refractivity contribution in [2.45, 2.75) is 25.9 Å². The first-order chi connectivity index (χ1) is 15.1. The van der Waals surface area contributed by atoms with Crippen LogP contribution < -0.4 is 10.1 Å². The van der Waals surface area contributed by atoms with E-state index in [1.807, 2.05) is 30.9 Å². The number of pyridine rings is 1. The first-order valence-corrected chi connectivity index (χ1v) is 10.4. The fourth-order valence-electron chi connectivity index (χ4n) is 3.89. The highest BCUT2D eigenvalue weighted by Gasteiger charge is 2.29. The number of nitrogens with one attached hydrogen (secondary N) is 1. The Labute approximate surface area is 181 Å². The third-order valence-corrected chi connectivity index (χ3v) is 5.64. The van der Waals surface area contributed by atoms with Crippen molar-refractivity contribution < 1.29 is 9.13 Å². The van der Waals surface area contributed by atoms with Crippen molar-refractivity contribution in [1.82, 2.24) is 24.8 Å². The number of aliphatic imine (C=N–C) groups is 1. The second-order valence-electron chi connectivity index (χ2n) is 7.72. The van der Waals surface area contributed by atoms with Crippen molar-refractivity contribution in [3.63, 3.8) is 0 Å². The summed E-state index contributed by atoms with van der Waals surface area (Å²) in [6.07, 6.45) is 8.46. The largest absolute Gasteiger partial charge is 0.439 e. The Bertz CT molecular complexity index is 1020. The van der Waals surface area contributed by atoms with Crippen LogP contribution in [0.4, 0.5) is 4.39 Å². The Morgan fingerprint density at radius 3 is 2.97 bits per heavy atom. The maximum absolute atomic E-state index is 13.5. The molecule has 4 rings (SSSR count). The van der Waals surface area contributed by atoms with Gasteiger partial charge >= 0.3 is 0 Å². The molecular formula is C23H27FN6O. The van der Waals surface area contributed by atoms with Crippen LogP contribution in [-0.4, -0.2) is 45.5 Å². The summed E-state index contributed by atoms with van der Waals surface area (Å²) in [7, 11) is 1.79. The lowest BCUT2D eigenvalue weighted by Gasteiger charge is -2.39. The van der Waals surface area contributed by atoms with Crippen LogP contribution in [0.3, 0.4) is 0 Å². The van der Waals surface area contributed by atoms with Gasteiger partial charge in [0, 0.05) is 56.9 Å². The number of rotatable bonds is 5. The second-order valence-corrected chi connectivity index (χ2v) is 7.72. The number of imidazole rings is 1. The summed E-state index contributed by atoms with van der Waals surface area (Å²) in [6, 6.07) is 10.2. The maximum atomic E-state index is 13.5. The van der Waals surface area contributed by atoms with E-state index in [0.717, 1.165) is 31.0 Å². The third-order valence-electron chi connectivity index (χ3n) is 5.64. The molecule has 1 fully saturated rings. The summed E-state index contributed by atoms with van der Waals surface area (Å²) in [5.74, 6) is 1.91. The number of guanidine groups is 1. The van der Waals surface area contributed by atoms with Gasteiger partial charge in [0.1, 0.15) is 11.6 Å². The SMILES string of the molecule is CN=C(NCc1cccnc1Oc1cccc(F)c1)N1CCC(C)C(n2ccnc2)C1. The van der Waals surface area contributed by atoms with Crippen molar-refractivity contribution in [3.05, 3.63) is 72.7 Å². The molecule has 31 heavy (non-hydrogen) atoms. The van der Waals surface area contributed by atoms with Gasteiger partial charge in [-0.3, -0.25) is 4.99 Å². The Morgan fingerprint density at radius 2 is 2.19 bits per heavy atom. The zero-order valence-corrected chi connectivity index (χ0v) is 17.8. The molecule has 7 nitrogen and oxygen atoms in total. The number of hydrogen-bond donors (Lipinski definition) is 1. The van der Waals surface area contributed by atoms with Gasteiger partial charge in [-0.2, -0.15) is 0 Å². The number of benzene rings is 1. The first-order valence-electron chi connectivity index (χ1n) is 10.4. The molecule has 1 N–H and O–H groups in total. The van der Waals surface area contributed by atoms with Crippen LogP contribution in [0.5, 0.6) is 11.6 Å². The smallest absolute Gasteiger partial charge is 0.224 e. The minimum absolute atomic E-state index is 0.347. The molecule has 2 aromatic heterocycles. The first kappa shape index (κ1) is 20.8. The average Bonchev–Trinajstić information content (AvgIpc) is 3.31. The molecule has 0 radical (unpaired) electrons. The normalized spacial score (nSPS) is 19.3. The molecule has 1 aliphatic rings. The predicted molar refractivity (Wildman–Crippen MR) is 118 cm³/mol. The Kier molecular flexibility index (Phi) is 6.45. The number of piperidine rings is 1. The lowest BCUT2D eigenvalue weighted by molar-refractivity contribution is 0.189. The molecule has 0 saturated carbocycles. The van der Waals surface area contributed by atoms with Crippen molar-refractivity contribution in [2.24, 2.45) is 10.9 Å². The molecule has 8 heteroatoms. The summed E-state index contributed by atoms with van der Waals surface area (Å²) < 4.78 is 21.5. The van der Waals surface area contributed by atoms with E-state index in [4.69, 9.17) is 4.74 Å². The van der Waals surface area contributed by atoms with Gasteiger partial charge in [0.05, 0.1) is 12.4 Å². The van der Waals surface area contributed by atoms with Gasteiger partial charge in [0.2, 0.25) is 5.88 Å². The molecule has 1 saturated heterocycles. The highest BCUT2D eigenvalue weighted by Crippen LogP contribution is 2.28. The van der Waals surface area contributed by atoms with Crippen LogP contribution in [-0.2, 0) is 6.54 Å². The van der Waals surface area contributed by atoms with Crippen molar-refractivity contribution in [3.8, 4) is 11.6 Å². The van der Waals surface area contributed by atoms with Crippen LogP contribution >= 0.6 is 0 Å². The van der Waals surface area contributed by atoms with Crippen LogP contribution in [0, 0.1) is 11.7 Å². The Morgan fingerprint density at radius 1 is 1.29 bits per heavy atom. The fraction of sp³-hybridized carbons (Fsp3) is 0.348. The van der Waals surface area contributed by atoms with Gasteiger partial charge in [0.25, 0.3) is 0 Å². The summed E-state index contributed by atoms with van der Waals surface area (Å²) in [5.41, 5.74) is 0.865. The molecule has 0 bridgehead atoms. The number of ether oxygens (including phenoxy) is 1. The standard InChI is InChI=1S/C23H27FN6O/c1-17-8-11-29(15-21(17)30-12-10-26-16-30)23(25-2)28-14-18-5-4-9-27-22(18)31-20-7-3-6-19(24)13-20/h3-7,9-10,12-13,16-17,21H,8,11,14-15H2,1-2H3,(H,25,28). The Hall–Kier alpha value is -3.42. The van der Waals surface area contributed by atoms with Gasteiger partial charge in [-0.25, -0.2) is 14.4 Å². The molecular weight excluding hydrogens is 395 g/mol. The summed E-state index contributed by atoms with van der Waals surface area (Å²) in [6.45, 7) is 4.57. The van der Waals surface area contributed by atoms with E-state index < -0.39 is 0 Å². The van der Waals surface area contributed by atoms with Gasteiger partial charge in [-0.1, -0.05) is 19.1 Å². The second kappa shape index (κ2) is 9.59. The maximum Gasteiger partial charge on any atom is 0.224 e. The summed E-state index contributed by atoms with van der Waals surface area (Å²) in [4.78, 5) is 15.3. The van der Waals surface area contributed by atoms with Gasteiger partial charge in [-0.05, 0) is 30.5 Å². The number of aromatic nitrogens is 3. The van der Waals surface area contributed by atoms with Crippen molar-refractivity contribution >= 4 is 5.96 Å². The fourth-order valence-corrected chi connectivity index (χ4v) is 3.89. The minimum atomic E-state index is -0.347. The highest BCUT2D eigenvalue weighted by molar-refractivity contribution is 5.80. The van der Waals surface area contributed by atoms with Crippen molar-refractivity contribution in [2.75, 3.05) is 20.1 Å². The predicted octanol–water partition coefficient (Wildman–Crippen LogP) is 3.87. The van der Waals surface area contributed by atoms with E-state index in [2.05, 4.69) is 36.7 Å². The molecule has 3 heterocycles. The van der Waals surface area contributed by atoms with Crippen LogP contribution in [0.15, 0.2) is 66.3 Å². The number of hydrogen-bond acceptors (Lipinski definition) is 4. The van der Waals surface area contributed by atoms with Crippen molar-refractivity contribution in [1.29, 1.82) is 0 Å². The lowest BCUT2D eigenvalue weighted by atomic mass is 9.93. The molecule has 1 aliphatic heterocycles. The zero-order valence-electron chi connectivity index (χ0n) is 17.8. The van der Waals surface area contributed by atoms with E-state index in [1.54, 1.807) is 25.4 Å². The molecule has 0 amide bonds. The zero-order chi connectivity index (χ0) is 21.6. The van der Waals surface area contributed by atoms with Crippen LogP contribution in [0.2, 0.25) is 0 Å². The number of nitrogens with zero attached hydrogens (tertiary/aromatic N) is 5. The van der Waals surface area contributed by atoms with E-state index in [0.29, 0.717) is 30.1 Å². The number of likely N-dealkylation sites (tertiary alicyclic amines) is 1. The van der Waals surface area contributed by atoms with E-state index in [1.165, 1.54) is 12.1 Å². The molecule has 3 aromatic rings. The molecule has 2 unspecified atom stereocenters. The monoisotopic (exact) mass is 422 g/mol. The summed E-state index contributed by atoms with van der Waals surface area (Å²) >= 11 is 0.